The smallest absolute Gasteiger partial charge is 0.242 e. The van der Waals surface area contributed by atoms with Crippen molar-refractivity contribution in [1.29, 1.82) is 0 Å². The molecule has 0 spiro atoms. The normalized spacial score (nSPS) is 31.9. The van der Waals surface area contributed by atoms with Crippen LogP contribution in [-0.4, -0.2) is 36.3 Å². The summed E-state index contributed by atoms with van der Waals surface area (Å²) < 4.78 is 0. The summed E-state index contributed by atoms with van der Waals surface area (Å²) >= 11 is 0. The number of carbonyl (C=O) groups excluding carboxylic acids is 2. The van der Waals surface area contributed by atoms with Gasteiger partial charge in [-0.25, -0.2) is 0 Å². The molecule has 2 rings (SSSR count). The zero-order valence-corrected chi connectivity index (χ0v) is 12.9. The Bertz CT molecular complexity index is 409. The van der Waals surface area contributed by atoms with Crippen LogP contribution in [0.25, 0.3) is 0 Å². The monoisotopic (exact) mass is 266 g/mol. The third-order valence-corrected chi connectivity index (χ3v) is 4.73. The summed E-state index contributed by atoms with van der Waals surface area (Å²) in [4.78, 5) is 26.3. The Balaban J connectivity index is 2.14. The lowest BCUT2D eigenvalue weighted by Gasteiger charge is -2.31. The number of nitrogens with one attached hydrogen (secondary N) is 1. The molecule has 0 bridgehead atoms. The highest BCUT2D eigenvalue weighted by molar-refractivity contribution is 5.89. The molecule has 0 aromatic heterocycles. The third kappa shape index (κ3) is 2.37. The number of amides is 2. The predicted octanol–water partition coefficient (Wildman–Crippen LogP) is 1.65. The molecule has 0 unspecified atom stereocenters. The highest BCUT2D eigenvalue weighted by atomic mass is 16.2. The van der Waals surface area contributed by atoms with E-state index in [1.165, 1.54) is 0 Å². The minimum atomic E-state index is -0.264. The first-order chi connectivity index (χ1) is 8.59. The fourth-order valence-corrected chi connectivity index (χ4v) is 3.55. The summed E-state index contributed by atoms with van der Waals surface area (Å²) in [5.41, 5.74) is 0.169. The van der Waals surface area contributed by atoms with E-state index in [1.54, 1.807) is 7.05 Å². The van der Waals surface area contributed by atoms with Crippen LogP contribution in [0.5, 0.6) is 0 Å². The van der Waals surface area contributed by atoms with Crippen molar-refractivity contribution in [2.24, 2.45) is 22.7 Å². The van der Waals surface area contributed by atoms with E-state index in [-0.39, 0.29) is 28.7 Å². The summed E-state index contributed by atoms with van der Waals surface area (Å²) in [6, 6.07) is -0.264. The van der Waals surface area contributed by atoms with Gasteiger partial charge in [-0.05, 0) is 22.7 Å². The fourth-order valence-electron chi connectivity index (χ4n) is 3.55. The van der Waals surface area contributed by atoms with Crippen LogP contribution in [-0.2, 0) is 9.59 Å². The van der Waals surface area contributed by atoms with Gasteiger partial charge >= 0.3 is 0 Å². The molecule has 1 saturated carbocycles. The van der Waals surface area contributed by atoms with Crippen LogP contribution in [0.2, 0.25) is 0 Å². The minimum Gasteiger partial charge on any atom is -0.357 e. The maximum absolute atomic E-state index is 12.4. The van der Waals surface area contributed by atoms with Gasteiger partial charge in [0.15, 0.2) is 0 Å². The van der Waals surface area contributed by atoms with Crippen molar-refractivity contribution in [2.45, 2.75) is 47.1 Å². The first-order valence-corrected chi connectivity index (χ1v) is 7.10. The van der Waals surface area contributed by atoms with Crippen LogP contribution in [0.3, 0.4) is 0 Å². The molecular weight excluding hydrogens is 240 g/mol. The number of hydrogen-bond acceptors (Lipinski definition) is 2. The predicted molar refractivity (Wildman–Crippen MR) is 74.4 cm³/mol. The zero-order chi connectivity index (χ0) is 14.6. The van der Waals surface area contributed by atoms with Crippen molar-refractivity contribution in [1.82, 2.24) is 10.2 Å². The molecule has 0 aromatic carbocycles. The maximum atomic E-state index is 12.4. The van der Waals surface area contributed by atoms with Gasteiger partial charge in [-0.1, -0.05) is 34.6 Å². The molecule has 4 heteroatoms. The van der Waals surface area contributed by atoms with Gasteiger partial charge in [0.25, 0.3) is 0 Å². The van der Waals surface area contributed by atoms with Crippen LogP contribution < -0.4 is 5.32 Å². The third-order valence-electron chi connectivity index (χ3n) is 4.73. The Kier molecular flexibility index (Phi) is 3.19. The van der Waals surface area contributed by atoms with Crippen molar-refractivity contribution < 1.29 is 9.59 Å². The van der Waals surface area contributed by atoms with E-state index in [1.807, 2.05) is 4.90 Å². The molecule has 0 aromatic rings. The van der Waals surface area contributed by atoms with Gasteiger partial charge in [0.1, 0.15) is 6.04 Å². The second-order valence-electron chi connectivity index (χ2n) is 7.80. The lowest BCUT2D eigenvalue weighted by Crippen LogP contribution is -2.49. The van der Waals surface area contributed by atoms with Gasteiger partial charge in [0.05, 0.1) is 0 Å². The van der Waals surface area contributed by atoms with Gasteiger partial charge < -0.3 is 10.2 Å². The molecule has 1 saturated heterocycles. The van der Waals surface area contributed by atoms with E-state index in [0.717, 1.165) is 6.54 Å². The molecule has 1 N–H and O–H groups in total. The van der Waals surface area contributed by atoms with Gasteiger partial charge in [-0.3, -0.25) is 9.59 Å². The Hall–Kier alpha value is -1.06. The molecule has 2 aliphatic rings. The standard InChI is InChI=1S/C15H26N2O2/c1-14(2,3)7-10(18)17-8-9-11(15(9,4)5)12(17)13(19)16-6/h9,11-12H,7-8H2,1-6H3,(H,16,19)/t9-,11-,12-/m0/s1. The number of likely N-dealkylation sites (tertiary alicyclic amines) is 1. The Morgan fingerprint density at radius 1 is 1.32 bits per heavy atom. The summed E-state index contributed by atoms with van der Waals surface area (Å²) in [5, 5.41) is 2.72. The summed E-state index contributed by atoms with van der Waals surface area (Å²) in [5.74, 6) is 0.916. The number of carbonyl (C=O) groups is 2. The first-order valence-electron chi connectivity index (χ1n) is 7.10. The average Bonchev–Trinajstić information content (AvgIpc) is 2.65. The van der Waals surface area contributed by atoms with E-state index < -0.39 is 0 Å². The zero-order valence-electron chi connectivity index (χ0n) is 12.9. The lowest BCUT2D eigenvalue weighted by molar-refractivity contribution is -0.141. The SMILES string of the molecule is CNC(=O)[C@@H]1[C@@H]2[C@H](CN1C(=O)CC(C)(C)C)C2(C)C. The molecule has 1 aliphatic heterocycles. The molecule has 2 fully saturated rings. The number of hydrogen-bond donors (Lipinski definition) is 1. The highest BCUT2D eigenvalue weighted by Gasteiger charge is 2.69. The highest BCUT2D eigenvalue weighted by Crippen LogP contribution is 2.64. The number of fused-ring (bicyclic) bond motifs is 1. The lowest BCUT2D eigenvalue weighted by atomic mass is 9.91. The Morgan fingerprint density at radius 3 is 2.37 bits per heavy atom. The molecule has 3 atom stereocenters. The molecule has 2 amide bonds. The summed E-state index contributed by atoms with van der Waals surface area (Å²) in [6.07, 6.45) is 0.500. The van der Waals surface area contributed by atoms with Crippen LogP contribution in [0, 0.1) is 22.7 Å². The van der Waals surface area contributed by atoms with Crippen LogP contribution in [0.4, 0.5) is 0 Å². The second kappa shape index (κ2) is 4.22. The Morgan fingerprint density at radius 2 is 1.89 bits per heavy atom. The van der Waals surface area contributed by atoms with E-state index in [2.05, 4.69) is 39.9 Å². The van der Waals surface area contributed by atoms with Crippen molar-refractivity contribution in [3.63, 3.8) is 0 Å². The van der Waals surface area contributed by atoms with Crippen molar-refractivity contribution >= 4 is 11.8 Å². The molecule has 108 valence electrons. The summed E-state index contributed by atoms with van der Waals surface area (Å²) in [7, 11) is 1.65. The van der Waals surface area contributed by atoms with E-state index in [0.29, 0.717) is 18.3 Å². The van der Waals surface area contributed by atoms with Gasteiger partial charge in [-0.15, -0.1) is 0 Å². The Labute approximate surface area is 115 Å². The van der Waals surface area contributed by atoms with E-state index in [9.17, 15) is 9.59 Å². The fraction of sp³-hybridized carbons (Fsp3) is 0.867. The van der Waals surface area contributed by atoms with E-state index >= 15 is 0 Å². The van der Waals surface area contributed by atoms with E-state index in [4.69, 9.17) is 0 Å². The minimum absolute atomic E-state index is 0.0136. The quantitative estimate of drug-likeness (QED) is 0.826. The van der Waals surface area contributed by atoms with Gasteiger partial charge in [0.2, 0.25) is 11.8 Å². The molecule has 19 heavy (non-hydrogen) atoms. The second-order valence-corrected chi connectivity index (χ2v) is 7.80. The van der Waals surface area contributed by atoms with Gasteiger partial charge in [-0.2, -0.15) is 0 Å². The van der Waals surface area contributed by atoms with Crippen LogP contribution in [0.1, 0.15) is 41.0 Å². The van der Waals surface area contributed by atoms with Crippen molar-refractivity contribution in [3.8, 4) is 0 Å². The first kappa shape index (κ1) is 14.4. The van der Waals surface area contributed by atoms with Crippen LogP contribution in [0.15, 0.2) is 0 Å². The molecule has 0 radical (unpaired) electrons. The molecule has 1 heterocycles. The van der Waals surface area contributed by atoms with Crippen LogP contribution >= 0.6 is 0 Å². The summed E-state index contributed by atoms with van der Waals surface area (Å²) in [6.45, 7) is 11.3. The number of piperidine rings is 1. The molecular formula is C15H26N2O2. The molecule has 1 aliphatic carbocycles. The number of rotatable bonds is 2. The maximum Gasteiger partial charge on any atom is 0.242 e. The van der Waals surface area contributed by atoms with Gasteiger partial charge in [0, 0.05) is 20.0 Å². The van der Waals surface area contributed by atoms with Crippen molar-refractivity contribution in [2.75, 3.05) is 13.6 Å². The molecule has 4 nitrogen and oxygen atoms in total. The number of likely N-dealkylation sites (N-methyl/N-ethyl adjacent to an activating group) is 1. The number of nitrogens with zero attached hydrogens (tertiary/aromatic N) is 1. The topological polar surface area (TPSA) is 49.4 Å². The average molecular weight is 266 g/mol. The largest absolute Gasteiger partial charge is 0.357 e. The van der Waals surface area contributed by atoms with Crippen molar-refractivity contribution in [3.05, 3.63) is 0 Å².